The number of aromatic nitrogens is 1. The van der Waals surface area contributed by atoms with Crippen molar-refractivity contribution in [3.8, 4) is 11.1 Å². The van der Waals surface area contributed by atoms with Gasteiger partial charge in [-0.15, -0.1) is 11.3 Å². The summed E-state index contributed by atoms with van der Waals surface area (Å²) < 4.78 is 13.1. The monoisotopic (exact) mass is 437 g/mol. The number of halogens is 2. The van der Waals surface area contributed by atoms with Gasteiger partial charge in [0.15, 0.2) is 0 Å². The number of rotatable bonds is 3. The number of benzene rings is 2. The van der Waals surface area contributed by atoms with Crippen LogP contribution in [0, 0.1) is 5.82 Å². The van der Waals surface area contributed by atoms with Crippen LogP contribution in [0.4, 0.5) is 15.8 Å². The first-order valence-corrected chi connectivity index (χ1v) is 10.8. The van der Waals surface area contributed by atoms with Gasteiger partial charge >= 0.3 is 0 Å². The molecule has 2 aromatic carbocycles. The van der Waals surface area contributed by atoms with E-state index in [2.05, 4.69) is 5.32 Å². The summed E-state index contributed by atoms with van der Waals surface area (Å²) in [5, 5.41) is 4.27. The molecule has 3 N–H and O–H groups in total. The van der Waals surface area contributed by atoms with Crippen LogP contribution >= 0.6 is 22.9 Å². The maximum Gasteiger partial charge on any atom is 0.267 e. The highest BCUT2D eigenvalue weighted by atomic mass is 35.5. The van der Waals surface area contributed by atoms with Gasteiger partial charge in [-0.2, -0.15) is 0 Å². The smallest absolute Gasteiger partial charge is 0.267 e. The molecule has 150 valence electrons. The number of aryl methyl sites for hydroxylation is 1. The van der Waals surface area contributed by atoms with Crippen LogP contribution in [0.2, 0.25) is 5.02 Å². The number of anilines is 2. The summed E-state index contributed by atoms with van der Waals surface area (Å²) in [6.07, 6.45) is 2.90. The lowest BCUT2D eigenvalue weighted by Gasteiger charge is -2.11. The maximum absolute atomic E-state index is 13.1. The van der Waals surface area contributed by atoms with E-state index in [9.17, 15) is 9.18 Å². The summed E-state index contributed by atoms with van der Waals surface area (Å²) in [5.41, 5.74) is 11.7. The van der Waals surface area contributed by atoms with Gasteiger partial charge in [-0.05, 0) is 72.4 Å². The molecule has 0 unspecified atom stereocenters. The first kappa shape index (κ1) is 19.0. The quantitative estimate of drug-likeness (QED) is 0.408. The van der Waals surface area contributed by atoms with Crippen molar-refractivity contribution >= 4 is 50.4 Å². The Balaban J connectivity index is 1.65. The second kappa shape index (κ2) is 7.38. The zero-order chi connectivity index (χ0) is 20.8. The molecule has 0 bridgehead atoms. The summed E-state index contributed by atoms with van der Waals surface area (Å²) >= 11 is 7.37. The zero-order valence-corrected chi connectivity index (χ0v) is 17.4. The third-order valence-electron chi connectivity index (χ3n) is 5.34. The minimum Gasteiger partial charge on any atom is -0.397 e. The molecule has 4 nitrogen and oxygen atoms in total. The Morgan fingerprint density at radius 1 is 1.10 bits per heavy atom. The molecule has 7 heteroatoms. The Morgan fingerprint density at radius 2 is 1.83 bits per heavy atom. The lowest BCUT2D eigenvalue weighted by Crippen LogP contribution is -2.12. The Kier molecular flexibility index (Phi) is 4.68. The standard InChI is InChI=1S/C23H17ClFN3OS/c24-13-6-4-12(5-7-13)18-16-2-1-3-17(16)28-23-19(18)20(26)21(30-23)22(29)27-15-10-8-14(25)9-11-15/h4-11H,1-3,26H2,(H,27,29). The van der Waals surface area contributed by atoms with Crippen molar-refractivity contribution < 1.29 is 9.18 Å². The second-order valence-electron chi connectivity index (χ2n) is 7.26. The molecule has 4 aromatic rings. The first-order valence-electron chi connectivity index (χ1n) is 9.58. The molecular formula is C23H17ClFN3OS. The van der Waals surface area contributed by atoms with Gasteiger partial charge in [0, 0.05) is 21.8 Å². The second-order valence-corrected chi connectivity index (χ2v) is 8.69. The summed E-state index contributed by atoms with van der Waals surface area (Å²) in [5.74, 6) is -0.690. The van der Waals surface area contributed by atoms with Gasteiger partial charge in [-0.3, -0.25) is 4.79 Å². The fraction of sp³-hybridized carbons (Fsp3) is 0.130. The molecule has 0 fully saturated rings. The lowest BCUT2D eigenvalue weighted by molar-refractivity contribution is 0.103. The SMILES string of the molecule is Nc1c(C(=O)Nc2ccc(F)cc2)sc2nc3c(c(-c4ccc(Cl)cc4)c12)CCC3. The highest BCUT2D eigenvalue weighted by molar-refractivity contribution is 7.21. The number of nitrogens with two attached hydrogens (primary N) is 1. The van der Waals surface area contributed by atoms with E-state index in [0.717, 1.165) is 46.3 Å². The minimum absolute atomic E-state index is 0.329. The number of nitrogens with zero attached hydrogens (tertiary/aromatic N) is 1. The van der Waals surface area contributed by atoms with Crippen molar-refractivity contribution in [3.05, 3.63) is 75.5 Å². The summed E-state index contributed by atoms with van der Waals surface area (Å²) in [7, 11) is 0. The predicted molar refractivity (Wildman–Crippen MR) is 121 cm³/mol. The molecule has 0 aliphatic heterocycles. The number of amides is 1. The molecule has 5 rings (SSSR count). The Bertz CT molecular complexity index is 1280. The fourth-order valence-electron chi connectivity index (χ4n) is 3.97. The number of nitrogen functional groups attached to an aromatic ring is 1. The lowest BCUT2D eigenvalue weighted by atomic mass is 9.96. The van der Waals surface area contributed by atoms with Gasteiger partial charge in [0.1, 0.15) is 15.5 Å². The van der Waals surface area contributed by atoms with Gasteiger partial charge in [-0.25, -0.2) is 9.37 Å². The summed E-state index contributed by atoms with van der Waals surface area (Å²) in [4.78, 5) is 18.9. The minimum atomic E-state index is -0.360. The molecule has 0 radical (unpaired) electrons. The molecular weight excluding hydrogens is 421 g/mol. The van der Waals surface area contributed by atoms with Gasteiger partial charge in [-0.1, -0.05) is 23.7 Å². The number of nitrogens with one attached hydrogen (secondary N) is 1. The highest BCUT2D eigenvalue weighted by Crippen LogP contribution is 2.44. The summed E-state index contributed by atoms with van der Waals surface area (Å²) in [6.45, 7) is 0. The van der Waals surface area contributed by atoms with E-state index in [-0.39, 0.29) is 11.7 Å². The van der Waals surface area contributed by atoms with E-state index < -0.39 is 0 Å². The van der Waals surface area contributed by atoms with Crippen molar-refractivity contribution in [2.24, 2.45) is 0 Å². The van der Waals surface area contributed by atoms with Crippen LogP contribution in [0.5, 0.6) is 0 Å². The van der Waals surface area contributed by atoms with Crippen LogP contribution in [0.3, 0.4) is 0 Å². The number of hydrogen-bond acceptors (Lipinski definition) is 4. The van der Waals surface area contributed by atoms with Crippen LogP contribution in [-0.4, -0.2) is 10.9 Å². The molecule has 2 heterocycles. The van der Waals surface area contributed by atoms with Crippen molar-refractivity contribution in [2.45, 2.75) is 19.3 Å². The van der Waals surface area contributed by atoms with Crippen molar-refractivity contribution in [3.63, 3.8) is 0 Å². The first-order chi connectivity index (χ1) is 14.5. The van der Waals surface area contributed by atoms with Gasteiger partial charge in [0.25, 0.3) is 5.91 Å². The third kappa shape index (κ3) is 3.22. The zero-order valence-electron chi connectivity index (χ0n) is 15.8. The van der Waals surface area contributed by atoms with Crippen LogP contribution in [0.15, 0.2) is 48.5 Å². The molecule has 0 saturated heterocycles. The molecule has 2 aromatic heterocycles. The largest absolute Gasteiger partial charge is 0.397 e. The number of pyridine rings is 1. The molecule has 0 spiro atoms. The molecule has 30 heavy (non-hydrogen) atoms. The van der Waals surface area contributed by atoms with Crippen molar-refractivity contribution in [2.75, 3.05) is 11.1 Å². The normalized spacial score (nSPS) is 12.9. The molecule has 0 atom stereocenters. The van der Waals surface area contributed by atoms with Crippen molar-refractivity contribution in [1.82, 2.24) is 4.98 Å². The number of carbonyl (C=O) groups excluding carboxylic acids is 1. The van der Waals surface area contributed by atoms with E-state index in [1.54, 1.807) is 0 Å². The van der Waals surface area contributed by atoms with Crippen LogP contribution in [0.1, 0.15) is 27.3 Å². The van der Waals surface area contributed by atoms with Gasteiger partial charge in [0.2, 0.25) is 0 Å². The fourth-order valence-corrected chi connectivity index (χ4v) is 5.12. The van der Waals surface area contributed by atoms with Gasteiger partial charge < -0.3 is 11.1 Å². The van der Waals surface area contributed by atoms with E-state index in [4.69, 9.17) is 22.3 Å². The van der Waals surface area contributed by atoms with Crippen molar-refractivity contribution in [1.29, 1.82) is 0 Å². The topological polar surface area (TPSA) is 68.0 Å². The Morgan fingerprint density at radius 3 is 2.57 bits per heavy atom. The van der Waals surface area contributed by atoms with Crippen LogP contribution in [-0.2, 0) is 12.8 Å². The number of hydrogen-bond donors (Lipinski definition) is 2. The number of fused-ring (bicyclic) bond motifs is 2. The maximum atomic E-state index is 13.1. The molecule has 0 saturated carbocycles. The van der Waals surface area contributed by atoms with Gasteiger partial charge in [0.05, 0.1) is 5.69 Å². The van der Waals surface area contributed by atoms with E-state index in [1.165, 1.54) is 41.2 Å². The predicted octanol–water partition coefficient (Wildman–Crippen LogP) is 6.08. The highest BCUT2D eigenvalue weighted by Gasteiger charge is 2.26. The molecule has 1 amide bonds. The number of carbonyl (C=O) groups is 1. The third-order valence-corrected chi connectivity index (χ3v) is 6.69. The number of thiophene rings is 1. The van der Waals surface area contributed by atoms with Crippen LogP contribution < -0.4 is 11.1 Å². The Hall–Kier alpha value is -2.96. The van der Waals surface area contributed by atoms with Crippen LogP contribution in [0.25, 0.3) is 21.3 Å². The van der Waals surface area contributed by atoms with E-state index in [0.29, 0.717) is 21.3 Å². The van der Waals surface area contributed by atoms with E-state index >= 15 is 0 Å². The summed E-state index contributed by atoms with van der Waals surface area (Å²) in [6, 6.07) is 13.3. The average molecular weight is 438 g/mol. The Labute approximate surface area is 181 Å². The molecule has 1 aliphatic rings. The van der Waals surface area contributed by atoms with E-state index in [1.807, 2.05) is 24.3 Å². The average Bonchev–Trinajstić information content (AvgIpc) is 3.33. The molecule has 1 aliphatic carbocycles.